The van der Waals surface area contributed by atoms with Gasteiger partial charge in [0, 0.05) is 25.1 Å². The van der Waals surface area contributed by atoms with Crippen molar-refractivity contribution in [3.8, 4) is 17.2 Å². The number of aromatic nitrogens is 3. The first kappa shape index (κ1) is 14.1. The molecule has 3 rings (SSSR count). The smallest absolute Gasteiger partial charge is 0.255 e. The third-order valence-electron chi connectivity index (χ3n) is 3.10. The lowest BCUT2D eigenvalue weighted by molar-refractivity contribution is 0.367. The molecule has 0 bridgehead atoms. The molecule has 0 fully saturated rings. The van der Waals surface area contributed by atoms with Crippen LogP contribution in [0.2, 0.25) is 0 Å². The van der Waals surface area contributed by atoms with Gasteiger partial charge in [-0.3, -0.25) is 0 Å². The monoisotopic (exact) mass is 299 g/mol. The van der Waals surface area contributed by atoms with Crippen LogP contribution >= 0.6 is 0 Å². The van der Waals surface area contributed by atoms with Gasteiger partial charge in [0.2, 0.25) is 0 Å². The Hall–Kier alpha value is -2.89. The Morgan fingerprint density at radius 3 is 2.77 bits per heavy atom. The van der Waals surface area contributed by atoms with Crippen molar-refractivity contribution in [3.63, 3.8) is 0 Å². The van der Waals surface area contributed by atoms with E-state index in [0.29, 0.717) is 18.0 Å². The second kappa shape index (κ2) is 6.26. The van der Waals surface area contributed by atoms with Crippen LogP contribution in [0.5, 0.6) is 17.2 Å². The molecule has 0 N–H and O–H groups in total. The van der Waals surface area contributed by atoms with Crippen LogP contribution in [0.1, 0.15) is 5.56 Å². The predicted octanol–water partition coefficient (Wildman–Crippen LogP) is 3.27. The Bertz CT molecular complexity index is 760. The van der Waals surface area contributed by atoms with Crippen LogP contribution in [0.4, 0.5) is 4.39 Å². The molecule has 6 heteroatoms. The number of ether oxygens (including phenoxy) is 2. The predicted molar refractivity (Wildman–Crippen MR) is 78.6 cm³/mol. The van der Waals surface area contributed by atoms with Crippen molar-refractivity contribution >= 4 is 0 Å². The van der Waals surface area contributed by atoms with E-state index in [9.17, 15) is 4.39 Å². The highest BCUT2D eigenvalue weighted by molar-refractivity contribution is 5.45. The third-order valence-corrected chi connectivity index (χ3v) is 3.10. The van der Waals surface area contributed by atoms with Crippen molar-refractivity contribution in [2.45, 2.75) is 6.54 Å². The Balaban J connectivity index is 1.84. The normalized spacial score (nSPS) is 10.5. The average molecular weight is 299 g/mol. The molecular weight excluding hydrogens is 285 g/mol. The largest absolute Gasteiger partial charge is 0.493 e. The van der Waals surface area contributed by atoms with E-state index in [-0.39, 0.29) is 5.75 Å². The number of pyridine rings is 1. The molecular formula is C16H14FN3O2. The number of rotatable bonds is 5. The van der Waals surface area contributed by atoms with Gasteiger partial charge in [0.05, 0.1) is 13.4 Å². The number of hydrogen-bond acceptors (Lipinski definition) is 4. The number of imidazole rings is 1. The zero-order valence-electron chi connectivity index (χ0n) is 11.9. The third kappa shape index (κ3) is 3.06. The van der Waals surface area contributed by atoms with Crippen LogP contribution in [0.25, 0.3) is 0 Å². The molecule has 0 saturated carbocycles. The summed E-state index contributed by atoms with van der Waals surface area (Å²) in [5, 5.41) is 0. The summed E-state index contributed by atoms with van der Waals surface area (Å²) in [5.41, 5.74) is 1.02. The molecule has 0 aliphatic rings. The van der Waals surface area contributed by atoms with Gasteiger partial charge in [-0.2, -0.15) is 4.39 Å². The standard InChI is InChI=1S/C16H14FN3O2/c1-21-15-9-12(10-20-8-7-18-11-20)4-5-13(15)22-14-3-2-6-19-16(14)17/h2-9,11H,10H2,1H3. The fraction of sp³-hybridized carbons (Fsp3) is 0.125. The van der Waals surface area contributed by atoms with Crippen molar-refractivity contribution in [2.75, 3.05) is 7.11 Å². The molecule has 0 radical (unpaired) electrons. The van der Waals surface area contributed by atoms with Crippen molar-refractivity contribution in [3.05, 3.63) is 66.8 Å². The summed E-state index contributed by atoms with van der Waals surface area (Å²) < 4.78 is 26.4. The molecule has 2 aromatic heterocycles. The molecule has 112 valence electrons. The fourth-order valence-electron chi connectivity index (χ4n) is 2.05. The Morgan fingerprint density at radius 2 is 2.05 bits per heavy atom. The molecule has 1 aromatic carbocycles. The van der Waals surface area contributed by atoms with Crippen LogP contribution < -0.4 is 9.47 Å². The highest BCUT2D eigenvalue weighted by Gasteiger charge is 2.10. The molecule has 22 heavy (non-hydrogen) atoms. The van der Waals surface area contributed by atoms with E-state index in [1.54, 1.807) is 31.8 Å². The number of methoxy groups -OCH3 is 1. The topological polar surface area (TPSA) is 49.2 Å². The highest BCUT2D eigenvalue weighted by atomic mass is 19.1. The van der Waals surface area contributed by atoms with Gasteiger partial charge in [-0.1, -0.05) is 6.07 Å². The molecule has 0 atom stereocenters. The zero-order chi connectivity index (χ0) is 15.4. The lowest BCUT2D eigenvalue weighted by atomic mass is 10.2. The summed E-state index contributed by atoms with van der Waals surface area (Å²) in [6.45, 7) is 0.665. The maximum Gasteiger partial charge on any atom is 0.255 e. The number of halogens is 1. The van der Waals surface area contributed by atoms with Crippen molar-refractivity contribution < 1.29 is 13.9 Å². The van der Waals surface area contributed by atoms with Crippen LogP contribution in [-0.4, -0.2) is 21.6 Å². The van der Waals surface area contributed by atoms with Gasteiger partial charge in [-0.15, -0.1) is 0 Å². The van der Waals surface area contributed by atoms with Gasteiger partial charge in [-0.05, 0) is 29.8 Å². The first-order valence-corrected chi connectivity index (χ1v) is 6.67. The van der Waals surface area contributed by atoms with Gasteiger partial charge in [0.15, 0.2) is 17.2 Å². The Morgan fingerprint density at radius 1 is 1.14 bits per heavy atom. The summed E-state index contributed by atoms with van der Waals surface area (Å²) in [4.78, 5) is 7.56. The quantitative estimate of drug-likeness (QED) is 0.678. The molecule has 3 aromatic rings. The number of benzene rings is 1. The van der Waals surface area contributed by atoms with E-state index in [1.807, 2.05) is 22.9 Å². The molecule has 0 unspecified atom stereocenters. The average Bonchev–Trinajstić information content (AvgIpc) is 3.04. The molecule has 2 heterocycles. The first-order chi connectivity index (χ1) is 10.8. The van der Waals surface area contributed by atoms with Gasteiger partial charge >= 0.3 is 0 Å². The van der Waals surface area contributed by atoms with Crippen molar-refractivity contribution in [1.82, 2.24) is 14.5 Å². The molecule has 0 saturated heterocycles. The van der Waals surface area contributed by atoms with E-state index >= 15 is 0 Å². The van der Waals surface area contributed by atoms with Gasteiger partial charge in [0.1, 0.15) is 0 Å². The van der Waals surface area contributed by atoms with Gasteiger partial charge < -0.3 is 14.0 Å². The summed E-state index contributed by atoms with van der Waals surface area (Å²) in [5.74, 6) is 0.361. The maximum atomic E-state index is 13.6. The van der Waals surface area contributed by atoms with E-state index in [2.05, 4.69) is 9.97 Å². The van der Waals surface area contributed by atoms with E-state index in [4.69, 9.17) is 9.47 Å². The summed E-state index contributed by atoms with van der Waals surface area (Å²) in [7, 11) is 1.54. The van der Waals surface area contributed by atoms with E-state index in [1.165, 1.54) is 12.3 Å². The SMILES string of the molecule is COc1cc(Cn2ccnc2)ccc1Oc1cccnc1F. The summed E-state index contributed by atoms with van der Waals surface area (Å²) in [6, 6.07) is 8.62. The second-order valence-corrected chi connectivity index (χ2v) is 4.61. The lowest BCUT2D eigenvalue weighted by Crippen LogP contribution is -1.99. The molecule has 5 nitrogen and oxygen atoms in total. The lowest BCUT2D eigenvalue weighted by Gasteiger charge is -2.12. The van der Waals surface area contributed by atoms with Gasteiger partial charge in [0.25, 0.3) is 5.95 Å². The van der Waals surface area contributed by atoms with Crippen molar-refractivity contribution in [1.29, 1.82) is 0 Å². The highest BCUT2D eigenvalue weighted by Crippen LogP contribution is 2.33. The summed E-state index contributed by atoms with van der Waals surface area (Å²) >= 11 is 0. The summed E-state index contributed by atoms with van der Waals surface area (Å²) in [6.07, 6.45) is 6.71. The Labute approximate surface area is 127 Å². The van der Waals surface area contributed by atoms with Crippen LogP contribution in [0.3, 0.4) is 0 Å². The first-order valence-electron chi connectivity index (χ1n) is 6.67. The van der Waals surface area contributed by atoms with Crippen LogP contribution in [0, 0.1) is 5.95 Å². The van der Waals surface area contributed by atoms with Crippen molar-refractivity contribution in [2.24, 2.45) is 0 Å². The molecule has 0 spiro atoms. The minimum absolute atomic E-state index is 0.0585. The van der Waals surface area contributed by atoms with E-state index in [0.717, 1.165) is 5.56 Å². The Kier molecular flexibility index (Phi) is 4.00. The maximum absolute atomic E-state index is 13.6. The zero-order valence-corrected chi connectivity index (χ0v) is 11.9. The molecule has 0 amide bonds. The number of nitrogens with zero attached hydrogens (tertiary/aromatic N) is 3. The van der Waals surface area contributed by atoms with Gasteiger partial charge in [-0.25, -0.2) is 9.97 Å². The minimum atomic E-state index is -0.660. The molecule has 0 aliphatic carbocycles. The number of hydrogen-bond donors (Lipinski definition) is 0. The van der Waals surface area contributed by atoms with Crippen LogP contribution in [-0.2, 0) is 6.54 Å². The second-order valence-electron chi connectivity index (χ2n) is 4.61. The fourth-order valence-corrected chi connectivity index (χ4v) is 2.05. The van der Waals surface area contributed by atoms with Crippen LogP contribution in [0.15, 0.2) is 55.2 Å². The van der Waals surface area contributed by atoms with E-state index < -0.39 is 5.95 Å². The molecule has 0 aliphatic heterocycles. The minimum Gasteiger partial charge on any atom is -0.493 e.